The molecule has 0 unspecified atom stereocenters. The molecule has 4 heteroatoms. The Morgan fingerprint density at radius 3 is 2.82 bits per heavy atom. The van der Waals surface area contributed by atoms with Gasteiger partial charge in [0.2, 0.25) is 0 Å². The number of aryl methyl sites for hydroxylation is 1. The van der Waals surface area contributed by atoms with Gasteiger partial charge in [-0.05, 0) is 25.0 Å². The number of anilines is 1. The first kappa shape index (κ1) is 12.0. The summed E-state index contributed by atoms with van der Waals surface area (Å²) in [6.45, 7) is 2.16. The molecule has 0 atom stereocenters. The fourth-order valence-electron chi connectivity index (χ4n) is 1.74. The molecule has 1 aromatic carbocycles. The van der Waals surface area contributed by atoms with E-state index in [1.54, 1.807) is 4.68 Å². The third-order valence-electron chi connectivity index (χ3n) is 2.65. The lowest BCUT2D eigenvalue weighted by Gasteiger charge is -2.05. The Labute approximate surface area is 106 Å². The number of rotatable bonds is 4. The summed E-state index contributed by atoms with van der Waals surface area (Å²) < 4.78 is 1.70. The third kappa shape index (κ3) is 2.61. The highest BCUT2D eigenvalue weighted by Crippen LogP contribution is 2.22. The largest absolute Gasteiger partial charge is 0.384 e. The minimum absolute atomic E-state index is 0.629. The van der Waals surface area contributed by atoms with Crippen LogP contribution >= 0.6 is 11.6 Å². The highest BCUT2D eigenvalue weighted by Gasteiger charge is 2.09. The predicted molar refractivity (Wildman–Crippen MR) is 71.6 cm³/mol. The number of nitrogens with two attached hydrogens (primary N) is 1. The van der Waals surface area contributed by atoms with Gasteiger partial charge in [-0.25, -0.2) is 4.68 Å². The van der Waals surface area contributed by atoms with Crippen molar-refractivity contribution in [1.29, 1.82) is 0 Å². The van der Waals surface area contributed by atoms with Crippen molar-refractivity contribution in [3.63, 3.8) is 0 Å². The number of aromatic nitrogens is 2. The van der Waals surface area contributed by atoms with Gasteiger partial charge in [-0.1, -0.05) is 37.1 Å². The van der Waals surface area contributed by atoms with E-state index in [9.17, 15) is 0 Å². The molecule has 90 valence electrons. The van der Waals surface area contributed by atoms with E-state index >= 15 is 0 Å². The molecule has 0 spiro atoms. The molecule has 2 rings (SSSR count). The van der Waals surface area contributed by atoms with E-state index in [1.807, 2.05) is 30.3 Å². The van der Waals surface area contributed by atoms with Crippen molar-refractivity contribution in [3.8, 4) is 5.69 Å². The number of unbranched alkanes of at least 4 members (excludes halogenated alkanes) is 1. The summed E-state index contributed by atoms with van der Waals surface area (Å²) in [4.78, 5) is 0. The van der Waals surface area contributed by atoms with Crippen LogP contribution in [0.15, 0.2) is 30.3 Å². The molecule has 0 amide bonds. The van der Waals surface area contributed by atoms with Crippen molar-refractivity contribution in [3.05, 3.63) is 41.0 Å². The van der Waals surface area contributed by atoms with Crippen LogP contribution in [0.3, 0.4) is 0 Å². The molecular weight excluding hydrogens is 234 g/mol. The third-order valence-corrected chi connectivity index (χ3v) is 2.97. The van der Waals surface area contributed by atoms with Gasteiger partial charge in [-0.15, -0.1) is 0 Å². The van der Waals surface area contributed by atoms with Crippen molar-refractivity contribution in [2.45, 2.75) is 26.2 Å². The second-order valence-corrected chi connectivity index (χ2v) is 4.43. The molecule has 2 aromatic rings. The molecule has 0 fully saturated rings. The maximum atomic E-state index is 6.13. The Morgan fingerprint density at radius 2 is 2.12 bits per heavy atom. The van der Waals surface area contributed by atoms with Crippen LogP contribution in [0.25, 0.3) is 5.69 Å². The quantitative estimate of drug-likeness (QED) is 0.902. The zero-order valence-corrected chi connectivity index (χ0v) is 10.6. The van der Waals surface area contributed by atoms with Gasteiger partial charge in [0, 0.05) is 6.07 Å². The molecule has 17 heavy (non-hydrogen) atoms. The summed E-state index contributed by atoms with van der Waals surface area (Å²) in [6.07, 6.45) is 3.23. The minimum Gasteiger partial charge on any atom is -0.384 e. The van der Waals surface area contributed by atoms with E-state index in [4.69, 9.17) is 17.3 Å². The lowest BCUT2D eigenvalue weighted by Crippen LogP contribution is -2.02. The van der Waals surface area contributed by atoms with Gasteiger partial charge < -0.3 is 5.73 Å². The van der Waals surface area contributed by atoms with Crippen molar-refractivity contribution in [2.75, 3.05) is 5.73 Å². The molecule has 0 aliphatic heterocycles. The standard InChI is InChI=1S/C13H16ClN3/c1-2-3-6-10-9-13(15)17(16-10)12-8-5-4-7-11(12)14/h4-5,7-9H,2-3,6,15H2,1H3. The average molecular weight is 250 g/mol. The molecule has 0 saturated heterocycles. The normalized spacial score (nSPS) is 10.7. The molecule has 0 radical (unpaired) electrons. The number of nitrogen functional groups attached to an aromatic ring is 1. The van der Waals surface area contributed by atoms with Gasteiger partial charge in [0.1, 0.15) is 5.82 Å². The highest BCUT2D eigenvalue weighted by molar-refractivity contribution is 6.32. The first-order chi connectivity index (χ1) is 8.22. The zero-order valence-electron chi connectivity index (χ0n) is 9.86. The fourth-order valence-corrected chi connectivity index (χ4v) is 1.96. The van der Waals surface area contributed by atoms with E-state index in [0.717, 1.165) is 30.6 Å². The van der Waals surface area contributed by atoms with Crippen molar-refractivity contribution in [2.24, 2.45) is 0 Å². The summed E-state index contributed by atoms with van der Waals surface area (Å²) in [7, 11) is 0. The van der Waals surface area contributed by atoms with Crippen LogP contribution in [-0.4, -0.2) is 9.78 Å². The van der Waals surface area contributed by atoms with Gasteiger partial charge in [-0.3, -0.25) is 0 Å². The van der Waals surface area contributed by atoms with Crippen LogP contribution in [0.5, 0.6) is 0 Å². The first-order valence-electron chi connectivity index (χ1n) is 5.81. The zero-order chi connectivity index (χ0) is 12.3. The van der Waals surface area contributed by atoms with E-state index in [2.05, 4.69) is 12.0 Å². The monoisotopic (exact) mass is 249 g/mol. The Morgan fingerprint density at radius 1 is 1.35 bits per heavy atom. The second-order valence-electron chi connectivity index (χ2n) is 4.03. The second kappa shape index (κ2) is 5.23. The Bertz CT molecular complexity index is 505. The van der Waals surface area contributed by atoms with Crippen molar-refractivity contribution < 1.29 is 0 Å². The van der Waals surface area contributed by atoms with Crippen LogP contribution in [0, 0.1) is 0 Å². The predicted octanol–water partition coefficient (Wildman–Crippen LogP) is 3.45. The highest BCUT2D eigenvalue weighted by atomic mass is 35.5. The minimum atomic E-state index is 0.629. The molecule has 0 aliphatic rings. The summed E-state index contributed by atoms with van der Waals surface area (Å²) in [5.41, 5.74) is 7.80. The lowest BCUT2D eigenvalue weighted by atomic mass is 10.2. The molecular formula is C13H16ClN3. The summed E-state index contributed by atoms with van der Waals surface area (Å²) >= 11 is 6.13. The number of hydrogen-bond acceptors (Lipinski definition) is 2. The summed E-state index contributed by atoms with van der Waals surface area (Å²) in [5.74, 6) is 0.629. The van der Waals surface area contributed by atoms with Gasteiger partial charge >= 0.3 is 0 Å². The smallest absolute Gasteiger partial charge is 0.127 e. The Kier molecular flexibility index (Phi) is 3.69. The van der Waals surface area contributed by atoms with Crippen LogP contribution < -0.4 is 5.73 Å². The maximum absolute atomic E-state index is 6.13. The van der Waals surface area contributed by atoms with Crippen LogP contribution in [0.2, 0.25) is 5.02 Å². The Hall–Kier alpha value is -1.48. The number of halogens is 1. The van der Waals surface area contributed by atoms with Crippen LogP contribution in [0.4, 0.5) is 5.82 Å². The maximum Gasteiger partial charge on any atom is 0.127 e. The molecule has 1 aromatic heterocycles. The van der Waals surface area contributed by atoms with Crippen molar-refractivity contribution in [1.82, 2.24) is 9.78 Å². The van der Waals surface area contributed by atoms with Crippen LogP contribution in [-0.2, 0) is 6.42 Å². The van der Waals surface area contributed by atoms with E-state index in [0.29, 0.717) is 10.8 Å². The topological polar surface area (TPSA) is 43.8 Å². The average Bonchev–Trinajstić information content (AvgIpc) is 2.68. The summed E-state index contributed by atoms with van der Waals surface area (Å²) in [5, 5.41) is 5.14. The fraction of sp³-hybridized carbons (Fsp3) is 0.308. The van der Waals surface area contributed by atoms with Gasteiger partial charge in [0.05, 0.1) is 16.4 Å². The SMILES string of the molecule is CCCCc1cc(N)n(-c2ccccc2Cl)n1. The summed E-state index contributed by atoms with van der Waals surface area (Å²) in [6, 6.07) is 9.48. The molecule has 0 aliphatic carbocycles. The van der Waals surface area contributed by atoms with E-state index < -0.39 is 0 Å². The van der Waals surface area contributed by atoms with Gasteiger partial charge in [0.25, 0.3) is 0 Å². The number of nitrogens with zero attached hydrogens (tertiary/aromatic N) is 2. The van der Waals surface area contributed by atoms with E-state index in [1.165, 1.54) is 0 Å². The van der Waals surface area contributed by atoms with Crippen LogP contribution in [0.1, 0.15) is 25.5 Å². The Balaban J connectivity index is 2.33. The van der Waals surface area contributed by atoms with Gasteiger partial charge in [-0.2, -0.15) is 5.10 Å². The molecule has 3 nitrogen and oxygen atoms in total. The number of para-hydroxylation sites is 1. The molecule has 2 N–H and O–H groups in total. The molecule has 1 heterocycles. The lowest BCUT2D eigenvalue weighted by molar-refractivity contribution is 0.753. The number of hydrogen-bond donors (Lipinski definition) is 1. The molecule has 0 bridgehead atoms. The molecule has 0 saturated carbocycles. The number of benzene rings is 1. The first-order valence-corrected chi connectivity index (χ1v) is 6.19. The van der Waals surface area contributed by atoms with Crippen molar-refractivity contribution >= 4 is 17.4 Å². The van der Waals surface area contributed by atoms with E-state index in [-0.39, 0.29) is 0 Å². The van der Waals surface area contributed by atoms with Gasteiger partial charge in [0.15, 0.2) is 0 Å².